The molecule has 2 aromatic rings. The minimum atomic E-state index is -0.865. The molecular weight excluding hydrogens is 404 g/mol. The van der Waals surface area contributed by atoms with Crippen LogP contribution in [0.3, 0.4) is 0 Å². The summed E-state index contributed by atoms with van der Waals surface area (Å²) in [6.07, 6.45) is 3.00. The van der Waals surface area contributed by atoms with E-state index in [2.05, 4.69) is 5.32 Å². The molecule has 1 aromatic heterocycles. The molecule has 1 aliphatic heterocycles. The second-order valence-corrected chi connectivity index (χ2v) is 7.23. The fourth-order valence-corrected chi connectivity index (χ4v) is 3.43. The molecule has 0 spiro atoms. The Morgan fingerprint density at radius 1 is 1.29 bits per heavy atom. The van der Waals surface area contributed by atoms with E-state index in [1.54, 1.807) is 13.8 Å². The lowest BCUT2D eigenvalue weighted by molar-refractivity contribution is -0.384. The van der Waals surface area contributed by atoms with Crippen molar-refractivity contribution in [2.75, 3.05) is 29.9 Å². The standard InChI is InChI=1S/C21H22N4O6/c1-13-14(2)31-20(16(13)11-22)23-19(26)12-30-21(27)15-6-7-17(18(10-15)25(28)29)24-8-4-3-5-9-24/h6-7,10H,3-5,8-9,12H2,1-2H3,(H,23,26). The van der Waals surface area contributed by atoms with Crippen LogP contribution in [0.1, 0.15) is 46.5 Å². The zero-order chi connectivity index (χ0) is 22.5. The maximum Gasteiger partial charge on any atom is 0.338 e. The van der Waals surface area contributed by atoms with E-state index >= 15 is 0 Å². The second kappa shape index (κ2) is 9.30. The highest BCUT2D eigenvalue weighted by atomic mass is 16.6. The molecule has 162 valence electrons. The van der Waals surface area contributed by atoms with Crippen LogP contribution in [-0.2, 0) is 9.53 Å². The topological polar surface area (TPSA) is 139 Å². The normalized spacial score (nSPS) is 13.4. The summed E-state index contributed by atoms with van der Waals surface area (Å²) in [5, 5.41) is 23.1. The van der Waals surface area contributed by atoms with E-state index in [1.807, 2.05) is 11.0 Å². The van der Waals surface area contributed by atoms with Crippen molar-refractivity contribution >= 4 is 29.1 Å². The van der Waals surface area contributed by atoms with Gasteiger partial charge in [0.2, 0.25) is 5.88 Å². The summed E-state index contributed by atoms with van der Waals surface area (Å²) in [5.74, 6) is -1.08. The first kappa shape index (κ1) is 21.8. The monoisotopic (exact) mass is 426 g/mol. The molecule has 1 fully saturated rings. The van der Waals surface area contributed by atoms with E-state index in [1.165, 1.54) is 12.1 Å². The van der Waals surface area contributed by atoms with Crippen LogP contribution in [0.2, 0.25) is 0 Å². The number of nitro groups is 1. The molecule has 0 bridgehead atoms. The molecule has 0 atom stereocenters. The lowest BCUT2D eigenvalue weighted by atomic mass is 10.1. The molecular formula is C21H22N4O6. The number of carbonyl (C=O) groups is 2. The number of carbonyl (C=O) groups excluding carboxylic acids is 2. The number of nitrogens with one attached hydrogen (secondary N) is 1. The lowest BCUT2D eigenvalue weighted by Crippen LogP contribution is -2.30. The van der Waals surface area contributed by atoms with Crippen molar-refractivity contribution in [2.24, 2.45) is 0 Å². The fourth-order valence-electron chi connectivity index (χ4n) is 3.43. The molecule has 1 amide bonds. The van der Waals surface area contributed by atoms with Crippen LogP contribution in [0.25, 0.3) is 0 Å². The number of ether oxygens (including phenoxy) is 1. The van der Waals surface area contributed by atoms with Gasteiger partial charge >= 0.3 is 5.97 Å². The Hall–Kier alpha value is -3.87. The van der Waals surface area contributed by atoms with Gasteiger partial charge in [0.1, 0.15) is 23.1 Å². The molecule has 31 heavy (non-hydrogen) atoms. The maximum atomic E-state index is 12.3. The van der Waals surface area contributed by atoms with Crippen LogP contribution in [0, 0.1) is 35.3 Å². The van der Waals surface area contributed by atoms with E-state index < -0.39 is 23.4 Å². The molecule has 0 aliphatic carbocycles. The predicted octanol–water partition coefficient (Wildman–Crippen LogP) is 3.46. The summed E-state index contributed by atoms with van der Waals surface area (Å²) in [7, 11) is 0. The van der Waals surface area contributed by atoms with E-state index in [4.69, 9.17) is 9.15 Å². The van der Waals surface area contributed by atoms with E-state index in [0.717, 1.165) is 38.4 Å². The number of nitrogens with zero attached hydrogens (tertiary/aromatic N) is 3. The van der Waals surface area contributed by atoms with Crippen molar-refractivity contribution < 1.29 is 23.7 Å². The number of amides is 1. The summed E-state index contributed by atoms with van der Waals surface area (Å²) in [4.78, 5) is 37.4. The minimum absolute atomic E-state index is 0.0138. The van der Waals surface area contributed by atoms with Gasteiger partial charge in [-0.3, -0.25) is 20.2 Å². The van der Waals surface area contributed by atoms with Gasteiger partial charge in [-0.2, -0.15) is 5.26 Å². The van der Waals surface area contributed by atoms with Gasteiger partial charge in [-0.05, 0) is 45.2 Å². The molecule has 10 nitrogen and oxygen atoms in total. The number of aryl methyl sites for hydroxylation is 1. The van der Waals surface area contributed by atoms with Crippen molar-refractivity contribution in [3.8, 4) is 6.07 Å². The molecule has 2 heterocycles. The summed E-state index contributed by atoms with van der Waals surface area (Å²) in [6, 6.07) is 6.09. The zero-order valence-electron chi connectivity index (χ0n) is 17.3. The molecule has 10 heteroatoms. The minimum Gasteiger partial charge on any atom is -0.452 e. The van der Waals surface area contributed by atoms with Crippen LogP contribution in [0.15, 0.2) is 22.6 Å². The van der Waals surface area contributed by atoms with Crippen molar-refractivity contribution in [2.45, 2.75) is 33.1 Å². The van der Waals surface area contributed by atoms with Gasteiger partial charge in [0.05, 0.1) is 10.5 Å². The maximum absolute atomic E-state index is 12.3. The Bertz CT molecular complexity index is 1060. The predicted molar refractivity (Wildman–Crippen MR) is 111 cm³/mol. The molecule has 0 radical (unpaired) electrons. The van der Waals surface area contributed by atoms with Gasteiger partial charge in [-0.1, -0.05) is 0 Å². The Labute approximate surface area is 178 Å². The summed E-state index contributed by atoms with van der Waals surface area (Å²) >= 11 is 0. The lowest BCUT2D eigenvalue weighted by Gasteiger charge is -2.28. The highest BCUT2D eigenvalue weighted by molar-refractivity contribution is 5.96. The molecule has 1 saturated heterocycles. The number of hydrogen-bond donors (Lipinski definition) is 1. The summed E-state index contributed by atoms with van der Waals surface area (Å²) < 4.78 is 10.3. The number of nitro benzene ring substituents is 1. The average Bonchev–Trinajstić information content (AvgIpc) is 3.04. The first-order chi connectivity index (χ1) is 14.8. The van der Waals surface area contributed by atoms with Gasteiger partial charge in [0.15, 0.2) is 6.61 Å². The SMILES string of the molecule is Cc1oc(NC(=O)COC(=O)c2ccc(N3CCCCC3)c([N+](=O)[O-])c2)c(C#N)c1C. The van der Waals surface area contributed by atoms with Crippen LogP contribution in [0.4, 0.5) is 17.3 Å². The van der Waals surface area contributed by atoms with Crippen LogP contribution < -0.4 is 10.2 Å². The van der Waals surface area contributed by atoms with Crippen molar-refractivity contribution in [1.82, 2.24) is 0 Å². The second-order valence-electron chi connectivity index (χ2n) is 7.23. The van der Waals surface area contributed by atoms with Gasteiger partial charge in [-0.15, -0.1) is 0 Å². The zero-order valence-corrected chi connectivity index (χ0v) is 17.3. The van der Waals surface area contributed by atoms with E-state index in [-0.39, 0.29) is 22.7 Å². The summed E-state index contributed by atoms with van der Waals surface area (Å²) in [5.41, 5.74) is 1.06. The molecule has 0 unspecified atom stereocenters. The van der Waals surface area contributed by atoms with Crippen molar-refractivity contribution in [3.63, 3.8) is 0 Å². The van der Waals surface area contributed by atoms with E-state index in [0.29, 0.717) is 17.0 Å². The number of nitriles is 1. The Balaban J connectivity index is 1.67. The fraction of sp³-hybridized carbons (Fsp3) is 0.381. The highest BCUT2D eigenvalue weighted by Crippen LogP contribution is 2.31. The number of rotatable bonds is 6. The van der Waals surface area contributed by atoms with Gasteiger partial charge < -0.3 is 14.1 Å². The number of hydrogen-bond acceptors (Lipinski definition) is 8. The van der Waals surface area contributed by atoms with Crippen LogP contribution in [0.5, 0.6) is 0 Å². The quantitative estimate of drug-likeness (QED) is 0.421. The first-order valence-electron chi connectivity index (χ1n) is 9.82. The number of furan rings is 1. The first-order valence-corrected chi connectivity index (χ1v) is 9.82. The number of anilines is 2. The van der Waals surface area contributed by atoms with Gasteiger partial charge in [0, 0.05) is 24.7 Å². The van der Waals surface area contributed by atoms with E-state index in [9.17, 15) is 25.0 Å². The van der Waals surface area contributed by atoms with Crippen LogP contribution in [-0.4, -0.2) is 36.5 Å². The Morgan fingerprint density at radius 3 is 2.65 bits per heavy atom. The number of piperidine rings is 1. The molecule has 1 aliphatic rings. The Morgan fingerprint density at radius 2 is 2.00 bits per heavy atom. The van der Waals surface area contributed by atoms with Gasteiger partial charge in [-0.25, -0.2) is 4.79 Å². The van der Waals surface area contributed by atoms with Crippen LogP contribution >= 0.6 is 0 Å². The summed E-state index contributed by atoms with van der Waals surface area (Å²) in [6.45, 7) is 4.16. The number of esters is 1. The molecule has 1 N–H and O–H groups in total. The smallest absolute Gasteiger partial charge is 0.338 e. The third-order valence-corrected chi connectivity index (χ3v) is 5.19. The largest absolute Gasteiger partial charge is 0.452 e. The molecule has 1 aromatic carbocycles. The number of benzene rings is 1. The molecule has 3 rings (SSSR count). The van der Waals surface area contributed by atoms with Crippen molar-refractivity contribution in [1.29, 1.82) is 5.26 Å². The molecule has 0 saturated carbocycles. The van der Waals surface area contributed by atoms with Crippen molar-refractivity contribution in [3.05, 3.63) is 50.8 Å². The third-order valence-electron chi connectivity index (χ3n) is 5.19. The average molecular weight is 426 g/mol. The third kappa shape index (κ3) is 4.83. The highest BCUT2D eigenvalue weighted by Gasteiger charge is 2.24. The van der Waals surface area contributed by atoms with Gasteiger partial charge in [0.25, 0.3) is 11.6 Å². The Kier molecular flexibility index (Phi) is 6.55.